The lowest BCUT2D eigenvalue weighted by atomic mass is 10.1. The Morgan fingerprint density at radius 2 is 1.94 bits per heavy atom. The van der Waals surface area contributed by atoms with Crippen molar-refractivity contribution in [2.45, 2.75) is 65.1 Å². The molecular weight excluding hydrogens is 476 g/mol. The maximum Gasteiger partial charge on any atom is 0.341 e. The van der Waals surface area contributed by atoms with Crippen LogP contribution in [0.1, 0.15) is 73.6 Å². The minimum absolute atomic E-state index is 0.141. The highest BCUT2D eigenvalue weighted by molar-refractivity contribution is 7.99. The Hall–Kier alpha value is -2.17. The first-order chi connectivity index (χ1) is 15.7. The van der Waals surface area contributed by atoms with E-state index in [2.05, 4.69) is 59.2 Å². The van der Waals surface area contributed by atoms with E-state index < -0.39 is 5.97 Å². The summed E-state index contributed by atoms with van der Waals surface area (Å²) in [7, 11) is 0. The van der Waals surface area contributed by atoms with Gasteiger partial charge in [-0.3, -0.25) is 9.36 Å². The molecule has 0 atom stereocenters. The molecule has 10 heteroatoms. The molecule has 0 bridgehead atoms. The fraction of sp³-hybridized carbons (Fsp3) is 0.478. The third-order valence-electron chi connectivity index (χ3n) is 4.84. The molecule has 1 N–H and O–H groups in total. The number of carbonyl (C=O) groups is 2. The third-order valence-corrected chi connectivity index (χ3v) is 8.21. The Morgan fingerprint density at radius 1 is 1.18 bits per heavy atom. The number of amides is 1. The molecule has 0 aliphatic rings. The summed E-state index contributed by atoms with van der Waals surface area (Å²) in [6.45, 7) is 12.6. The number of hydrogen-bond acceptors (Lipinski definition) is 8. The second-order valence-electron chi connectivity index (χ2n) is 8.03. The van der Waals surface area contributed by atoms with Crippen LogP contribution in [-0.4, -0.2) is 39.0 Å². The molecule has 0 saturated carbocycles. The molecule has 3 rings (SSSR count). The van der Waals surface area contributed by atoms with Crippen molar-refractivity contribution >= 4 is 51.3 Å². The molecule has 3 aromatic heterocycles. The lowest BCUT2D eigenvalue weighted by molar-refractivity contribution is -0.113. The number of ether oxygens (including phenoxy) is 1. The smallest absolute Gasteiger partial charge is 0.341 e. The SMILES string of the molecule is CCOC(=O)c1cc(CC)sc1NC(=O)CSc1nnc(-c2csc(C(C)C)c2)n1C(C)C. The van der Waals surface area contributed by atoms with Gasteiger partial charge in [-0.2, -0.15) is 0 Å². The Balaban J connectivity index is 1.74. The summed E-state index contributed by atoms with van der Waals surface area (Å²) in [5.41, 5.74) is 1.45. The third kappa shape index (κ3) is 6.04. The van der Waals surface area contributed by atoms with Gasteiger partial charge in [0.25, 0.3) is 0 Å². The largest absolute Gasteiger partial charge is 0.462 e. The molecule has 1 amide bonds. The summed E-state index contributed by atoms with van der Waals surface area (Å²) in [6.07, 6.45) is 0.781. The summed E-state index contributed by atoms with van der Waals surface area (Å²) in [4.78, 5) is 27.3. The van der Waals surface area contributed by atoms with Gasteiger partial charge in [0.1, 0.15) is 5.00 Å². The molecular formula is C23H30N4O3S3. The van der Waals surface area contributed by atoms with Gasteiger partial charge in [-0.15, -0.1) is 32.9 Å². The number of aromatic nitrogens is 3. The summed E-state index contributed by atoms with van der Waals surface area (Å²) in [5, 5.41) is 15.0. The van der Waals surface area contributed by atoms with Gasteiger partial charge in [-0.1, -0.05) is 32.5 Å². The highest BCUT2D eigenvalue weighted by Crippen LogP contribution is 2.33. The van der Waals surface area contributed by atoms with Crippen molar-refractivity contribution in [1.82, 2.24) is 14.8 Å². The van der Waals surface area contributed by atoms with Crippen LogP contribution >= 0.6 is 34.4 Å². The van der Waals surface area contributed by atoms with E-state index in [1.807, 2.05) is 6.92 Å². The van der Waals surface area contributed by atoms with Crippen molar-refractivity contribution < 1.29 is 14.3 Å². The number of thiophene rings is 2. The monoisotopic (exact) mass is 506 g/mol. The van der Waals surface area contributed by atoms with Gasteiger partial charge in [0.2, 0.25) is 5.91 Å². The fourth-order valence-corrected chi connectivity index (χ4v) is 5.94. The van der Waals surface area contributed by atoms with Crippen LogP contribution in [0.5, 0.6) is 0 Å². The standard InChI is InChI=1S/C23H30N4O3S3/c1-7-16-10-17(22(29)30-8-2)21(33-16)24-19(28)12-32-23-26-25-20(27(23)14(5)6)15-9-18(13(3)4)31-11-15/h9-11,13-14H,7-8,12H2,1-6H3,(H,24,28). The number of carbonyl (C=O) groups excluding carboxylic acids is 2. The number of thioether (sulfide) groups is 1. The number of rotatable bonds is 10. The molecule has 0 fully saturated rings. The molecule has 33 heavy (non-hydrogen) atoms. The number of nitrogens with zero attached hydrogens (tertiary/aromatic N) is 3. The molecule has 178 valence electrons. The zero-order chi connectivity index (χ0) is 24.1. The lowest BCUT2D eigenvalue weighted by Gasteiger charge is -2.13. The maximum atomic E-state index is 12.7. The zero-order valence-corrected chi connectivity index (χ0v) is 22.2. The Bertz CT molecular complexity index is 1110. The van der Waals surface area contributed by atoms with Gasteiger partial charge in [-0.25, -0.2) is 4.79 Å². The molecule has 0 unspecified atom stereocenters. The summed E-state index contributed by atoms with van der Waals surface area (Å²) >= 11 is 4.47. The maximum absolute atomic E-state index is 12.7. The summed E-state index contributed by atoms with van der Waals surface area (Å²) in [5.74, 6) is 0.811. The highest BCUT2D eigenvalue weighted by Gasteiger charge is 2.21. The number of anilines is 1. The predicted octanol–water partition coefficient (Wildman–Crippen LogP) is 6.24. The average Bonchev–Trinajstić information content (AvgIpc) is 3.49. The number of aryl methyl sites for hydroxylation is 1. The first-order valence-corrected chi connectivity index (χ1v) is 13.7. The molecule has 3 aromatic rings. The van der Waals surface area contributed by atoms with Crippen LogP contribution in [0.25, 0.3) is 11.4 Å². The van der Waals surface area contributed by atoms with E-state index in [0.29, 0.717) is 21.6 Å². The molecule has 0 radical (unpaired) electrons. The van der Waals surface area contributed by atoms with Crippen LogP contribution in [0.4, 0.5) is 5.00 Å². The van der Waals surface area contributed by atoms with Crippen molar-refractivity contribution in [2.75, 3.05) is 17.7 Å². The van der Waals surface area contributed by atoms with Crippen LogP contribution in [-0.2, 0) is 16.0 Å². The normalized spacial score (nSPS) is 11.4. The first-order valence-electron chi connectivity index (χ1n) is 11.0. The summed E-state index contributed by atoms with van der Waals surface area (Å²) in [6, 6.07) is 4.10. The second-order valence-corrected chi connectivity index (χ2v) is 11.1. The zero-order valence-electron chi connectivity index (χ0n) is 19.8. The average molecular weight is 507 g/mol. The van der Waals surface area contributed by atoms with Crippen molar-refractivity contribution in [1.29, 1.82) is 0 Å². The quantitative estimate of drug-likeness (QED) is 0.259. The van der Waals surface area contributed by atoms with Gasteiger partial charge in [-0.05, 0) is 45.2 Å². The van der Waals surface area contributed by atoms with E-state index in [0.717, 1.165) is 22.7 Å². The van der Waals surface area contributed by atoms with E-state index in [4.69, 9.17) is 4.74 Å². The van der Waals surface area contributed by atoms with Crippen molar-refractivity contribution in [3.63, 3.8) is 0 Å². The Kier molecular flexibility index (Phi) is 8.72. The highest BCUT2D eigenvalue weighted by atomic mass is 32.2. The van der Waals surface area contributed by atoms with E-state index in [1.54, 1.807) is 24.3 Å². The van der Waals surface area contributed by atoms with Gasteiger partial charge in [0.05, 0.1) is 17.9 Å². The first kappa shape index (κ1) is 25.5. The molecule has 3 heterocycles. The second kappa shape index (κ2) is 11.3. The molecule has 0 spiro atoms. The van der Waals surface area contributed by atoms with Crippen LogP contribution in [0.15, 0.2) is 22.7 Å². The van der Waals surface area contributed by atoms with E-state index in [1.165, 1.54) is 28.0 Å². The fourth-order valence-electron chi connectivity index (χ4n) is 3.17. The van der Waals surface area contributed by atoms with E-state index in [9.17, 15) is 9.59 Å². The van der Waals surface area contributed by atoms with Crippen LogP contribution < -0.4 is 5.32 Å². The molecule has 0 aromatic carbocycles. The Morgan fingerprint density at radius 3 is 2.55 bits per heavy atom. The lowest BCUT2D eigenvalue weighted by Crippen LogP contribution is -2.16. The molecule has 7 nitrogen and oxygen atoms in total. The van der Waals surface area contributed by atoms with Crippen molar-refractivity contribution in [3.8, 4) is 11.4 Å². The minimum atomic E-state index is -0.419. The van der Waals surface area contributed by atoms with Gasteiger partial charge in [0, 0.05) is 26.7 Å². The topological polar surface area (TPSA) is 86.1 Å². The number of nitrogens with one attached hydrogen (secondary N) is 1. The van der Waals surface area contributed by atoms with E-state index >= 15 is 0 Å². The summed E-state index contributed by atoms with van der Waals surface area (Å²) < 4.78 is 7.19. The number of esters is 1. The van der Waals surface area contributed by atoms with Gasteiger partial charge in [0.15, 0.2) is 11.0 Å². The number of hydrogen-bond donors (Lipinski definition) is 1. The van der Waals surface area contributed by atoms with Crippen molar-refractivity contribution in [2.24, 2.45) is 0 Å². The van der Waals surface area contributed by atoms with Crippen LogP contribution in [0.2, 0.25) is 0 Å². The molecule has 0 saturated heterocycles. The minimum Gasteiger partial charge on any atom is -0.462 e. The predicted molar refractivity (Wildman–Crippen MR) is 137 cm³/mol. The van der Waals surface area contributed by atoms with E-state index in [-0.39, 0.29) is 24.3 Å². The van der Waals surface area contributed by atoms with Gasteiger partial charge < -0.3 is 10.1 Å². The van der Waals surface area contributed by atoms with Crippen LogP contribution in [0.3, 0.4) is 0 Å². The van der Waals surface area contributed by atoms with Gasteiger partial charge >= 0.3 is 5.97 Å². The molecule has 0 aliphatic carbocycles. The molecule has 0 aliphatic heterocycles. The van der Waals surface area contributed by atoms with Crippen molar-refractivity contribution in [3.05, 3.63) is 32.8 Å². The Labute approximate surface area is 207 Å². The van der Waals surface area contributed by atoms with Crippen LogP contribution in [0, 0.1) is 0 Å².